The van der Waals surface area contributed by atoms with E-state index in [1.165, 1.54) is 5.56 Å². The maximum absolute atomic E-state index is 11.6. The first-order valence-electron chi connectivity index (χ1n) is 9.87. The number of guanidine groups is 1. The Bertz CT molecular complexity index is 599. The molecule has 0 aliphatic heterocycles. The minimum atomic E-state index is -0.474. The molecule has 7 heteroatoms. The van der Waals surface area contributed by atoms with E-state index >= 15 is 0 Å². The highest BCUT2D eigenvalue weighted by atomic mass is 16.6. The predicted octanol–water partition coefficient (Wildman–Crippen LogP) is 2.59. The Morgan fingerprint density at radius 2 is 1.79 bits per heavy atom. The molecule has 7 nitrogen and oxygen atoms in total. The molecule has 0 bridgehead atoms. The third-order valence-corrected chi connectivity index (χ3v) is 4.13. The van der Waals surface area contributed by atoms with Crippen LogP contribution in [0.4, 0.5) is 4.79 Å². The Hall–Kier alpha value is -2.28. The zero-order valence-electron chi connectivity index (χ0n) is 18.2. The SMILES string of the molecule is CN=C(NCCCNC(=O)OC(C)(C)C)NCC(C)N(C)Cc1ccccc1. The Balaban J connectivity index is 2.21. The number of nitrogens with zero attached hydrogens (tertiary/aromatic N) is 2. The number of amides is 1. The molecule has 0 aliphatic rings. The van der Waals surface area contributed by atoms with Crippen molar-refractivity contribution in [2.75, 3.05) is 33.7 Å². The predicted molar refractivity (Wildman–Crippen MR) is 116 cm³/mol. The highest BCUT2D eigenvalue weighted by Crippen LogP contribution is 2.06. The average Bonchev–Trinajstić information content (AvgIpc) is 2.63. The average molecular weight is 392 g/mol. The first-order chi connectivity index (χ1) is 13.2. The maximum Gasteiger partial charge on any atom is 0.407 e. The van der Waals surface area contributed by atoms with Gasteiger partial charge in [-0.15, -0.1) is 0 Å². The minimum absolute atomic E-state index is 0.354. The number of carbonyl (C=O) groups excluding carboxylic acids is 1. The monoisotopic (exact) mass is 391 g/mol. The molecule has 0 fully saturated rings. The fraction of sp³-hybridized carbons (Fsp3) is 0.619. The number of nitrogens with one attached hydrogen (secondary N) is 3. The standard InChI is InChI=1S/C21H37N5O2/c1-17(26(6)16-18-11-8-7-9-12-18)15-25-19(22-5)23-13-10-14-24-20(27)28-21(2,3)4/h7-9,11-12,17H,10,13-16H2,1-6H3,(H,24,27)(H2,22,23,25). The largest absolute Gasteiger partial charge is 0.444 e. The molecule has 1 amide bonds. The Labute approximate surface area is 169 Å². The van der Waals surface area contributed by atoms with Gasteiger partial charge >= 0.3 is 6.09 Å². The summed E-state index contributed by atoms with van der Waals surface area (Å²) in [5, 5.41) is 9.37. The van der Waals surface area contributed by atoms with E-state index in [4.69, 9.17) is 4.74 Å². The molecule has 1 rings (SSSR count). The van der Waals surface area contributed by atoms with E-state index in [-0.39, 0.29) is 6.09 Å². The number of ether oxygens (including phenoxy) is 1. The summed E-state index contributed by atoms with van der Waals surface area (Å²) in [5.74, 6) is 0.761. The van der Waals surface area contributed by atoms with Gasteiger partial charge in [0.25, 0.3) is 0 Å². The molecule has 0 aromatic heterocycles. The van der Waals surface area contributed by atoms with Gasteiger partial charge in [-0.05, 0) is 46.7 Å². The van der Waals surface area contributed by atoms with Crippen molar-refractivity contribution in [3.63, 3.8) is 0 Å². The molecule has 1 atom stereocenters. The second-order valence-corrected chi connectivity index (χ2v) is 7.91. The lowest BCUT2D eigenvalue weighted by Crippen LogP contribution is -2.45. The number of rotatable bonds is 9. The van der Waals surface area contributed by atoms with Crippen molar-refractivity contribution in [1.29, 1.82) is 0 Å². The lowest BCUT2D eigenvalue weighted by molar-refractivity contribution is 0.0527. The van der Waals surface area contributed by atoms with Gasteiger partial charge in [0.1, 0.15) is 5.60 Å². The van der Waals surface area contributed by atoms with E-state index < -0.39 is 5.60 Å². The van der Waals surface area contributed by atoms with Gasteiger partial charge < -0.3 is 20.7 Å². The molecule has 0 radical (unpaired) electrons. The highest BCUT2D eigenvalue weighted by Gasteiger charge is 2.15. The summed E-state index contributed by atoms with van der Waals surface area (Å²) in [5.41, 5.74) is 0.829. The summed E-state index contributed by atoms with van der Waals surface area (Å²) >= 11 is 0. The van der Waals surface area contributed by atoms with Crippen molar-refractivity contribution >= 4 is 12.1 Å². The number of likely N-dealkylation sites (N-methyl/N-ethyl adjacent to an activating group) is 1. The Morgan fingerprint density at radius 3 is 2.39 bits per heavy atom. The second kappa shape index (κ2) is 12.2. The van der Waals surface area contributed by atoms with Crippen molar-refractivity contribution in [2.45, 2.75) is 52.3 Å². The molecule has 1 aromatic rings. The highest BCUT2D eigenvalue weighted by molar-refractivity contribution is 5.79. The lowest BCUT2D eigenvalue weighted by Gasteiger charge is -2.26. The van der Waals surface area contributed by atoms with Gasteiger partial charge in [0.05, 0.1) is 0 Å². The maximum atomic E-state index is 11.6. The zero-order valence-corrected chi connectivity index (χ0v) is 18.2. The van der Waals surface area contributed by atoms with E-state index in [2.05, 4.69) is 64.1 Å². The van der Waals surface area contributed by atoms with Crippen LogP contribution < -0.4 is 16.0 Å². The zero-order chi connectivity index (χ0) is 21.0. The molecule has 1 unspecified atom stereocenters. The fourth-order valence-corrected chi connectivity index (χ4v) is 2.45. The van der Waals surface area contributed by atoms with E-state index in [1.54, 1.807) is 7.05 Å². The van der Waals surface area contributed by atoms with E-state index in [1.807, 2.05) is 26.8 Å². The summed E-state index contributed by atoms with van der Waals surface area (Å²) in [4.78, 5) is 18.1. The molecule has 0 saturated carbocycles. The van der Waals surface area contributed by atoms with Gasteiger partial charge in [-0.2, -0.15) is 0 Å². The van der Waals surface area contributed by atoms with Crippen LogP contribution in [0.3, 0.4) is 0 Å². The Kier molecular flexibility index (Phi) is 10.4. The molecule has 158 valence electrons. The second-order valence-electron chi connectivity index (χ2n) is 7.91. The minimum Gasteiger partial charge on any atom is -0.444 e. The van der Waals surface area contributed by atoms with Gasteiger partial charge in [0, 0.05) is 39.3 Å². The van der Waals surface area contributed by atoms with Crippen LogP contribution in [0.2, 0.25) is 0 Å². The van der Waals surface area contributed by atoms with E-state index in [0.29, 0.717) is 19.1 Å². The van der Waals surface area contributed by atoms with Crippen LogP contribution >= 0.6 is 0 Å². The van der Waals surface area contributed by atoms with Crippen molar-refractivity contribution in [3.8, 4) is 0 Å². The van der Waals surface area contributed by atoms with Gasteiger partial charge in [0.2, 0.25) is 0 Å². The topological polar surface area (TPSA) is 78.0 Å². The molecule has 3 N–H and O–H groups in total. The van der Waals surface area contributed by atoms with Gasteiger partial charge in [-0.1, -0.05) is 30.3 Å². The number of alkyl carbamates (subject to hydrolysis) is 1. The Morgan fingerprint density at radius 1 is 1.14 bits per heavy atom. The van der Waals surface area contributed by atoms with Crippen molar-refractivity contribution in [1.82, 2.24) is 20.9 Å². The summed E-state index contributed by atoms with van der Waals surface area (Å²) < 4.78 is 5.21. The first-order valence-corrected chi connectivity index (χ1v) is 9.87. The smallest absolute Gasteiger partial charge is 0.407 e. The van der Waals surface area contributed by atoms with E-state index in [0.717, 1.165) is 25.5 Å². The molecular formula is C21H37N5O2. The summed E-state index contributed by atoms with van der Waals surface area (Å²) in [6.07, 6.45) is 0.397. The summed E-state index contributed by atoms with van der Waals surface area (Å²) in [7, 11) is 3.88. The van der Waals surface area contributed by atoms with Gasteiger partial charge in [-0.25, -0.2) is 4.79 Å². The number of carbonyl (C=O) groups is 1. The lowest BCUT2D eigenvalue weighted by atomic mass is 10.2. The number of hydrogen-bond donors (Lipinski definition) is 3. The molecule has 0 spiro atoms. The van der Waals surface area contributed by atoms with Gasteiger partial charge in [-0.3, -0.25) is 9.89 Å². The third-order valence-electron chi connectivity index (χ3n) is 4.13. The van der Waals surface area contributed by atoms with Crippen molar-refractivity contribution in [3.05, 3.63) is 35.9 Å². The quantitative estimate of drug-likeness (QED) is 0.343. The van der Waals surface area contributed by atoms with Crippen LogP contribution in [0.15, 0.2) is 35.3 Å². The number of aliphatic imine (C=N–C) groups is 1. The normalized spacial score (nSPS) is 13.2. The molecule has 0 aliphatic carbocycles. The molecule has 1 aromatic carbocycles. The van der Waals surface area contributed by atoms with Crippen LogP contribution in [0.1, 0.15) is 39.7 Å². The van der Waals surface area contributed by atoms with E-state index in [9.17, 15) is 4.79 Å². The molecule has 0 heterocycles. The van der Waals surface area contributed by atoms with Crippen molar-refractivity contribution in [2.24, 2.45) is 4.99 Å². The first kappa shape index (κ1) is 23.8. The molecular weight excluding hydrogens is 354 g/mol. The van der Waals surface area contributed by atoms with Crippen LogP contribution in [0.5, 0.6) is 0 Å². The van der Waals surface area contributed by atoms with Crippen LogP contribution in [0.25, 0.3) is 0 Å². The van der Waals surface area contributed by atoms with Crippen molar-refractivity contribution < 1.29 is 9.53 Å². The number of hydrogen-bond acceptors (Lipinski definition) is 4. The van der Waals surface area contributed by atoms with Crippen LogP contribution in [0, 0.1) is 0 Å². The summed E-state index contributed by atoms with van der Waals surface area (Å²) in [6.45, 7) is 10.7. The number of benzene rings is 1. The summed E-state index contributed by atoms with van der Waals surface area (Å²) in [6, 6.07) is 10.8. The third kappa shape index (κ3) is 10.8. The fourth-order valence-electron chi connectivity index (χ4n) is 2.45. The van der Waals surface area contributed by atoms with Crippen LogP contribution in [-0.4, -0.2) is 62.3 Å². The molecule has 0 saturated heterocycles. The molecule has 28 heavy (non-hydrogen) atoms. The van der Waals surface area contributed by atoms with Crippen LogP contribution in [-0.2, 0) is 11.3 Å². The van der Waals surface area contributed by atoms with Gasteiger partial charge in [0.15, 0.2) is 5.96 Å².